The van der Waals surface area contributed by atoms with Crippen LogP contribution in [0.1, 0.15) is 37.3 Å². The number of likely N-dealkylation sites (tertiary alicyclic amines) is 1. The number of nitrogens with one attached hydrogen (secondary N) is 1. The van der Waals surface area contributed by atoms with Crippen molar-refractivity contribution >= 4 is 0 Å². The highest BCUT2D eigenvalue weighted by Gasteiger charge is 2.13. The van der Waals surface area contributed by atoms with Crippen LogP contribution in [-0.2, 0) is 6.54 Å². The van der Waals surface area contributed by atoms with E-state index in [1.165, 1.54) is 43.5 Å². The Balaban J connectivity index is 1.83. The second-order valence-corrected chi connectivity index (χ2v) is 5.96. The third-order valence-electron chi connectivity index (χ3n) is 4.06. The minimum Gasteiger partial charge on any atom is -0.496 e. The first-order valence-electron chi connectivity index (χ1n) is 7.78. The lowest BCUT2D eigenvalue weighted by molar-refractivity contribution is 0.208. The van der Waals surface area contributed by atoms with Crippen molar-refractivity contribution in [3.63, 3.8) is 0 Å². The minimum atomic E-state index is 0.512. The molecule has 0 amide bonds. The number of aryl methyl sites for hydroxylation is 1. The lowest BCUT2D eigenvalue weighted by atomic mass is 10.1. The highest BCUT2D eigenvalue weighted by Crippen LogP contribution is 2.19. The molecule has 3 nitrogen and oxygen atoms in total. The van der Waals surface area contributed by atoms with Gasteiger partial charge in [0.25, 0.3) is 0 Å². The number of hydrogen-bond acceptors (Lipinski definition) is 3. The second-order valence-electron chi connectivity index (χ2n) is 5.96. The molecular formula is C17H28N2O. The van der Waals surface area contributed by atoms with Crippen LogP contribution in [0, 0.1) is 6.92 Å². The Morgan fingerprint density at radius 1 is 1.25 bits per heavy atom. The molecule has 1 aromatic carbocycles. The molecule has 0 spiro atoms. The number of benzene rings is 1. The van der Waals surface area contributed by atoms with Gasteiger partial charge in [0.1, 0.15) is 5.75 Å². The zero-order valence-corrected chi connectivity index (χ0v) is 13.1. The van der Waals surface area contributed by atoms with E-state index in [2.05, 4.69) is 42.3 Å². The van der Waals surface area contributed by atoms with Gasteiger partial charge in [0.05, 0.1) is 7.11 Å². The number of nitrogens with zero attached hydrogens (tertiary/aromatic N) is 1. The largest absolute Gasteiger partial charge is 0.496 e. The van der Waals surface area contributed by atoms with Crippen LogP contribution in [0.5, 0.6) is 5.75 Å². The van der Waals surface area contributed by atoms with Crippen LogP contribution in [0.25, 0.3) is 0 Å². The maximum Gasteiger partial charge on any atom is 0.123 e. The normalized spacial score (nSPS) is 17.9. The molecule has 1 saturated heterocycles. The van der Waals surface area contributed by atoms with Gasteiger partial charge in [-0.3, -0.25) is 0 Å². The molecule has 0 aromatic heterocycles. The van der Waals surface area contributed by atoms with Crippen molar-refractivity contribution in [3.05, 3.63) is 29.3 Å². The predicted octanol–water partition coefficient (Wildman–Crippen LogP) is 2.97. The summed E-state index contributed by atoms with van der Waals surface area (Å²) in [5.74, 6) is 0.980. The van der Waals surface area contributed by atoms with Crippen molar-refractivity contribution in [3.8, 4) is 5.75 Å². The smallest absolute Gasteiger partial charge is 0.123 e. The van der Waals surface area contributed by atoms with E-state index in [0.717, 1.165) is 18.8 Å². The number of methoxy groups -OCH3 is 1. The summed E-state index contributed by atoms with van der Waals surface area (Å²) in [5, 5.41) is 3.63. The van der Waals surface area contributed by atoms with Gasteiger partial charge in [-0.05, 0) is 45.8 Å². The van der Waals surface area contributed by atoms with Crippen LogP contribution in [0.15, 0.2) is 18.2 Å². The van der Waals surface area contributed by atoms with Gasteiger partial charge < -0.3 is 15.0 Å². The number of ether oxygens (including phenoxy) is 1. The van der Waals surface area contributed by atoms with Crippen molar-refractivity contribution in [2.75, 3.05) is 26.7 Å². The molecule has 0 aliphatic carbocycles. The molecule has 20 heavy (non-hydrogen) atoms. The Bertz CT molecular complexity index is 413. The fraction of sp³-hybridized carbons (Fsp3) is 0.647. The van der Waals surface area contributed by atoms with Gasteiger partial charge in [-0.2, -0.15) is 0 Å². The van der Waals surface area contributed by atoms with E-state index in [0.29, 0.717) is 6.04 Å². The third-order valence-corrected chi connectivity index (χ3v) is 4.06. The first-order chi connectivity index (χ1) is 9.69. The lowest BCUT2D eigenvalue weighted by Crippen LogP contribution is -2.41. The zero-order chi connectivity index (χ0) is 14.4. The van der Waals surface area contributed by atoms with Crippen LogP contribution >= 0.6 is 0 Å². The fourth-order valence-electron chi connectivity index (χ4n) is 2.92. The molecule has 1 aliphatic rings. The van der Waals surface area contributed by atoms with Crippen LogP contribution in [0.4, 0.5) is 0 Å². The molecule has 112 valence electrons. The summed E-state index contributed by atoms with van der Waals surface area (Å²) < 4.78 is 5.43. The van der Waals surface area contributed by atoms with Crippen molar-refractivity contribution in [2.45, 2.75) is 45.7 Å². The summed E-state index contributed by atoms with van der Waals surface area (Å²) in [6.45, 7) is 8.95. The van der Waals surface area contributed by atoms with E-state index < -0.39 is 0 Å². The molecule has 1 heterocycles. The maximum atomic E-state index is 5.43. The van der Waals surface area contributed by atoms with E-state index in [4.69, 9.17) is 4.74 Å². The highest BCUT2D eigenvalue weighted by molar-refractivity contribution is 5.36. The monoisotopic (exact) mass is 276 g/mol. The summed E-state index contributed by atoms with van der Waals surface area (Å²) in [7, 11) is 1.74. The van der Waals surface area contributed by atoms with Gasteiger partial charge in [-0.1, -0.05) is 24.1 Å². The Kier molecular flexibility index (Phi) is 5.86. The summed E-state index contributed by atoms with van der Waals surface area (Å²) in [5.41, 5.74) is 2.53. The Morgan fingerprint density at radius 2 is 2.00 bits per heavy atom. The van der Waals surface area contributed by atoms with Gasteiger partial charge in [-0.25, -0.2) is 0 Å². The van der Waals surface area contributed by atoms with Gasteiger partial charge in [0, 0.05) is 24.7 Å². The van der Waals surface area contributed by atoms with Crippen molar-refractivity contribution < 1.29 is 4.74 Å². The van der Waals surface area contributed by atoms with Gasteiger partial charge >= 0.3 is 0 Å². The van der Waals surface area contributed by atoms with E-state index >= 15 is 0 Å². The van der Waals surface area contributed by atoms with Crippen LogP contribution in [0.2, 0.25) is 0 Å². The van der Waals surface area contributed by atoms with Gasteiger partial charge in [0.15, 0.2) is 0 Å². The van der Waals surface area contributed by atoms with Gasteiger partial charge in [0.2, 0.25) is 0 Å². The van der Waals surface area contributed by atoms with E-state index in [1.807, 2.05) is 0 Å². The summed E-state index contributed by atoms with van der Waals surface area (Å²) in [6.07, 6.45) is 4.12. The average molecular weight is 276 g/mol. The summed E-state index contributed by atoms with van der Waals surface area (Å²) in [4.78, 5) is 2.58. The summed E-state index contributed by atoms with van der Waals surface area (Å²) >= 11 is 0. The van der Waals surface area contributed by atoms with Crippen molar-refractivity contribution in [2.24, 2.45) is 0 Å². The lowest BCUT2D eigenvalue weighted by Gasteiger charge is -2.29. The molecule has 3 heteroatoms. The molecule has 1 aliphatic heterocycles. The average Bonchev–Trinajstić information content (AvgIpc) is 2.46. The molecule has 2 rings (SSSR count). The molecular weight excluding hydrogens is 248 g/mol. The van der Waals surface area contributed by atoms with Crippen molar-refractivity contribution in [1.29, 1.82) is 0 Å². The number of rotatable bonds is 6. The SMILES string of the molecule is COc1ccc(C)cc1CNC(C)CN1CCCCC1. The molecule has 1 atom stereocenters. The first kappa shape index (κ1) is 15.3. The molecule has 0 saturated carbocycles. The molecule has 0 bridgehead atoms. The highest BCUT2D eigenvalue weighted by atomic mass is 16.5. The Labute approximate surface area is 123 Å². The molecule has 0 radical (unpaired) electrons. The Hall–Kier alpha value is -1.06. The minimum absolute atomic E-state index is 0.512. The molecule has 1 unspecified atom stereocenters. The predicted molar refractivity (Wildman–Crippen MR) is 84.3 cm³/mol. The molecule has 1 aromatic rings. The first-order valence-corrected chi connectivity index (χ1v) is 7.78. The topological polar surface area (TPSA) is 24.5 Å². The maximum absolute atomic E-state index is 5.43. The van der Waals surface area contributed by atoms with Gasteiger partial charge in [-0.15, -0.1) is 0 Å². The van der Waals surface area contributed by atoms with Crippen LogP contribution in [0.3, 0.4) is 0 Å². The van der Waals surface area contributed by atoms with E-state index in [-0.39, 0.29) is 0 Å². The van der Waals surface area contributed by atoms with Crippen molar-refractivity contribution in [1.82, 2.24) is 10.2 Å². The standard InChI is InChI=1S/C17H28N2O/c1-14-7-8-17(20-3)16(11-14)12-18-15(2)13-19-9-5-4-6-10-19/h7-8,11,15,18H,4-6,9-10,12-13H2,1-3H3. The number of hydrogen-bond donors (Lipinski definition) is 1. The Morgan fingerprint density at radius 3 is 2.70 bits per heavy atom. The molecule has 1 fully saturated rings. The molecule has 1 N–H and O–H groups in total. The quantitative estimate of drug-likeness (QED) is 0.864. The van der Waals surface area contributed by atoms with Crippen LogP contribution < -0.4 is 10.1 Å². The fourth-order valence-corrected chi connectivity index (χ4v) is 2.92. The van der Waals surface area contributed by atoms with E-state index in [9.17, 15) is 0 Å². The second kappa shape index (κ2) is 7.65. The third kappa shape index (κ3) is 4.50. The zero-order valence-electron chi connectivity index (χ0n) is 13.1. The van der Waals surface area contributed by atoms with Crippen LogP contribution in [-0.4, -0.2) is 37.7 Å². The summed E-state index contributed by atoms with van der Waals surface area (Å²) in [6, 6.07) is 6.87. The number of piperidine rings is 1. The van der Waals surface area contributed by atoms with E-state index in [1.54, 1.807) is 7.11 Å².